The van der Waals surface area contributed by atoms with E-state index in [1.807, 2.05) is 24.3 Å². The molecule has 1 aromatic carbocycles. The third-order valence-corrected chi connectivity index (χ3v) is 6.54. The molecule has 0 aliphatic heterocycles. The number of hydrogen-bond acceptors (Lipinski definition) is 6. The Morgan fingerprint density at radius 2 is 1.81 bits per heavy atom. The molecular formula is C23H28N2O4S2. The van der Waals surface area contributed by atoms with Gasteiger partial charge in [0.25, 0.3) is 5.91 Å². The first-order chi connectivity index (χ1) is 14.7. The third kappa shape index (κ3) is 5.83. The second-order valence-corrected chi connectivity index (χ2v) is 9.99. The number of benzene rings is 1. The first-order valence-corrected chi connectivity index (χ1v) is 11.5. The Kier molecular flexibility index (Phi) is 7.33. The fourth-order valence-corrected chi connectivity index (χ4v) is 5.03. The van der Waals surface area contributed by atoms with Gasteiger partial charge in [-0.25, -0.2) is 4.79 Å². The normalized spacial score (nSPS) is 13.2. The van der Waals surface area contributed by atoms with Crippen LogP contribution in [0.1, 0.15) is 60.0 Å². The zero-order valence-corrected chi connectivity index (χ0v) is 19.9. The average Bonchev–Trinajstić information content (AvgIpc) is 3.08. The predicted octanol–water partition coefficient (Wildman–Crippen LogP) is 4.60. The van der Waals surface area contributed by atoms with Crippen LogP contribution in [0.25, 0.3) is 0 Å². The van der Waals surface area contributed by atoms with Gasteiger partial charge in [0.2, 0.25) is 0 Å². The summed E-state index contributed by atoms with van der Waals surface area (Å²) >= 11 is 6.77. The molecule has 0 saturated heterocycles. The van der Waals surface area contributed by atoms with Crippen LogP contribution in [0.2, 0.25) is 0 Å². The molecular weight excluding hydrogens is 432 g/mol. The number of ether oxygens (including phenoxy) is 2. The van der Waals surface area contributed by atoms with Crippen molar-refractivity contribution in [1.82, 2.24) is 5.32 Å². The molecule has 3 rings (SSSR count). The minimum Gasteiger partial charge on any atom is -0.484 e. The number of carbonyl (C=O) groups excluding carboxylic acids is 2. The molecule has 1 aliphatic rings. The second kappa shape index (κ2) is 9.78. The maximum absolute atomic E-state index is 12.3. The van der Waals surface area contributed by atoms with Crippen molar-refractivity contribution in [3.05, 3.63) is 45.8 Å². The predicted molar refractivity (Wildman–Crippen MR) is 127 cm³/mol. The summed E-state index contributed by atoms with van der Waals surface area (Å²) in [5.74, 6) is -0.155. The molecule has 31 heavy (non-hydrogen) atoms. The van der Waals surface area contributed by atoms with E-state index in [1.54, 1.807) is 0 Å². The Morgan fingerprint density at radius 3 is 2.45 bits per heavy atom. The number of esters is 1. The van der Waals surface area contributed by atoms with Gasteiger partial charge in [0, 0.05) is 4.88 Å². The van der Waals surface area contributed by atoms with Crippen molar-refractivity contribution in [3.63, 3.8) is 0 Å². The summed E-state index contributed by atoms with van der Waals surface area (Å²) in [7, 11) is 1.37. The number of aryl methyl sites for hydroxylation is 1. The Hall–Kier alpha value is -2.45. The van der Waals surface area contributed by atoms with E-state index in [2.05, 4.69) is 31.4 Å². The van der Waals surface area contributed by atoms with Crippen LogP contribution in [-0.4, -0.2) is 30.7 Å². The van der Waals surface area contributed by atoms with E-state index in [4.69, 9.17) is 21.7 Å². The van der Waals surface area contributed by atoms with Gasteiger partial charge in [-0.2, -0.15) is 0 Å². The molecule has 0 unspecified atom stereocenters. The van der Waals surface area contributed by atoms with Crippen molar-refractivity contribution in [2.24, 2.45) is 0 Å². The number of thiocarbonyl (C=S) groups is 1. The minimum atomic E-state index is -0.391. The third-order valence-electron chi connectivity index (χ3n) is 5.13. The molecule has 1 aromatic heterocycles. The minimum absolute atomic E-state index is 0.0534. The molecule has 0 spiro atoms. The van der Waals surface area contributed by atoms with Crippen LogP contribution >= 0.6 is 23.6 Å². The topological polar surface area (TPSA) is 76.7 Å². The Labute approximate surface area is 192 Å². The highest BCUT2D eigenvalue weighted by atomic mass is 32.1. The monoisotopic (exact) mass is 460 g/mol. The van der Waals surface area contributed by atoms with Crippen LogP contribution < -0.4 is 15.4 Å². The van der Waals surface area contributed by atoms with Gasteiger partial charge in [-0.05, 0) is 66.6 Å². The van der Waals surface area contributed by atoms with Crippen molar-refractivity contribution in [3.8, 4) is 5.75 Å². The molecule has 0 atom stereocenters. The Balaban J connectivity index is 1.58. The lowest BCUT2D eigenvalue weighted by molar-refractivity contribution is -0.121. The van der Waals surface area contributed by atoms with Gasteiger partial charge in [-0.3, -0.25) is 10.1 Å². The highest BCUT2D eigenvalue weighted by molar-refractivity contribution is 7.80. The van der Waals surface area contributed by atoms with Crippen molar-refractivity contribution in [2.45, 2.75) is 51.9 Å². The van der Waals surface area contributed by atoms with Crippen LogP contribution in [0.15, 0.2) is 24.3 Å². The van der Waals surface area contributed by atoms with Gasteiger partial charge in [0.1, 0.15) is 10.8 Å². The molecule has 0 bridgehead atoms. The van der Waals surface area contributed by atoms with Crippen LogP contribution in [0.4, 0.5) is 5.00 Å². The number of nitrogens with one attached hydrogen (secondary N) is 2. The number of methoxy groups -OCH3 is 1. The number of thiophene rings is 1. The fourth-order valence-electron chi connectivity index (χ4n) is 3.47. The van der Waals surface area contributed by atoms with E-state index >= 15 is 0 Å². The van der Waals surface area contributed by atoms with Crippen molar-refractivity contribution in [2.75, 3.05) is 19.0 Å². The zero-order valence-electron chi connectivity index (χ0n) is 18.3. The lowest BCUT2D eigenvalue weighted by Gasteiger charge is -2.19. The van der Waals surface area contributed by atoms with Gasteiger partial charge in [-0.1, -0.05) is 32.9 Å². The van der Waals surface area contributed by atoms with Crippen LogP contribution in [0.5, 0.6) is 5.75 Å². The van der Waals surface area contributed by atoms with E-state index in [0.717, 1.165) is 31.2 Å². The van der Waals surface area contributed by atoms with Crippen LogP contribution in [0.3, 0.4) is 0 Å². The van der Waals surface area contributed by atoms with Crippen molar-refractivity contribution in [1.29, 1.82) is 0 Å². The number of amides is 1. The fraction of sp³-hybridized carbons (Fsp3) is 0.435. The SMILES string of the molecule is COC(=O)c1c(NC(=S)NC(=O)COc2ccc(C(C)(C)C)cc2)sc2c1CCCC2. The second-order valence-electron chi connectivity index (χ2n) is 8.47. The number of fused-ring (bicyclic) bond motifs is 1. The van der Waals surface area contributed by atoms with E-state index in [0.29, 0.717) is 16.3 Å². The summed E-state index contributed by atoms with van der Waals surface area (Å²) in [5.41, 5.74) is 2.79. The molecule has 1 aliphatic carbocycles. The number of hydrogen-bond donors (Lipinski definition) is 2. The molecule has 6 nitrogen and oxygen atoms in total. The molecule has 8 heteroatoms. The summed E-state index contributed by atoms with van der Waals surface area (Å²) in [4.78, 5) is 25.7. The first-order valence-electron chi connectivity index (χ1n) is 10.3. The van der Waals surface area contributed by atoms with Gasteiger partial charge in [0.05, 0.1) is 12.7 Å². The van der Waals surface area contributed by atoms with Gasteiger partial charge < -0.3 is 14.8 Å². The smallest absolute Gasteiger partial charge is 0.341 e. The number of carbonyl (C=O) groups is 2. The number of rotatable bonds is 5. The van der Waals surface area contributed by atoms with E-state index in [1.165, 1.54) is 28.9 Å². The molecule has 0 fully saturated rings. The molecule has 1 heterocycles. The van der Waals surface area contributed by atoms with Crippen molar-refractivity contribution < 1.29 is 19.1 Å². The lowest BCUT2D eigenvalue weighted by atomic mass is 9.87. The lowest BCUT2D eigenvalue weighted by Crippen LogP contribution is -2.37. The summed E-state index contributed by atoms with van der Waals surface area (Å²) < 4.78 is 10.5. The van der Waals surface area contributed by atoms with Gasteiger partial charge >= 0.3 is 5.97 Å². The highest BCUT2D eigenvalue weighted by Crippen LogP contribution is 2.38. The number of anilines is 1. The maximum Gasteiger partial charge on any atom is 0.341 e. The zero-order chi connectivity index (χ0) is 22.6. The highest BCUT2D eigenvalue weighted by Gasteiger charge is 2.26. The maximum atomic E-state index is 12.3. The largest absolute Gasteiger partial charge is 0.484 e. The Morgan fingerprint density at radius 1 is 1.13 bits per heavy atom. The van der Waals surface area contributed by atoms with E-state index < -0.39 is 5.97 Å². The van der Waals surface area contributed by atoms with Crippen LogP contribution in [0, 0.1) is 0 Å². The van der Waals surface area contributed by atoms with Gasteiger partial charge in [-0.15, -0.1) is 11.3 Å². The van der Waals surface area contributed by atoms with E-state index in [9.17, 15) is 9.59 Å². The summed E-state index contributed by atoms with van der Waals surface area (Å²) in [6.07, 6.45) is 3.93. The quantitative estimate of drug-likeness (QED) is 0.502. The summed E-state index contributed by atoms with van der Waals surface area (Å²) in [6.45, 7) is 6.25. The van der Waals surface area contributed by atoms with Crippen LogP contribution in [-0.2, 0) is 27.8 Å². The summed E-state index contributed by atoms with van der Waals surface area (Å²) in [6, 6.07) is 7.69. The Bertz CT molecular complexity index is 975. The molecule has 0 saturated carbocycles. The van der Waals surface area contributed by atoms with E-state index in [-0.39, 0.29) is 23.0 Å². The summed E-state index contributed by atoms with van der Waals surface area (Å²) in [5, 5.41) is 6.35. The molecule has 166 valence electrons. The van der Waals surface area contributed by atoms with Crippen molar-refractivity contribution >= 4 is 45.5 Å². The standard InChI is InChI=1S/C23H28N2O4S2/c1-23(2,3)14-9-11-15(12-10-14)29-13-18(26)24-22(30)25-20-19(21(27)28-4)16-7-5-6-8-17(16)31-20/h9-12H,5-8,13H2,1-4H3,(H2,24,25,26,30). The molecule has 2 N–H and O–H groups in total. The average molecular weight is 461 g/mol. The molecule has 0 radical (unpaired) electrons. The molecule has 2 aromatic rings. The first kappa shape index (κ1) is 23.2. The van der Waals surface area contributed by atoms with Gasteiger partial charge in [0.15, 0.2) is 11.7 Å². The molecule has 1 amide bonds.